The van der Waals surface area contributed by atoms with Crippen molar-refractivity contribution in [3.05, 3.63) is 59.7 Å². The lowest BCUT2D eigenvalue weighted by molar-refractivity contribution is 0.201. The van der Waals surface area contributed by atoms with Gasteiger partial charge in [-0.15, -0.1) is 0 Å². The van der Waals surface area contributed by atoms with Gasteiger partial charge in [0.2, 0.25) is 0 Å². The van der Waals surface area contributed by atoms with Crippen LogP contribution in [0.3, 0.4) is 0 Å². The van der Waals surface area contributed by atoms with Gasteiger partial charge in [-0.1, -0.05) is 42.0 Å². The van der Waals surface area contributed by atoms with Gasteiger partial charge in [0, 0.05) is 5.92 Å². The second kappa shape index (κ2) is 6.96. The first-order valence-electron chi connectivity index (χ1n) is 6.68. The molecule has 20 heavy (non-hydrogen) atoms. The van der Waals surface area contributed by atoms with E-state index in [0.29, 0.717) is 18.1 Å². The Hall–Kier alpha value is -2.00. The third-order valence-corrected chi connectivity index (χ3v) is 3.24. The van der Waals surface area contributed by atoms with Crippen LogP contribution < -0.4 is 9.47 Å². The molecule has 1 unspecified atom stereocenters. The molecule has 2 aromatic carbocycles. The Morgan fingerprint density at radius 2 is 1.80 bits per heavy atom. The van der Waals surface area contributed by atoms with Gasteiger partial charge in [0.25, 0.3) is 0 Å². The van der Waals surface area contributed by atoms with Crippen LogP contribution in [-0.4, -0.2) is 25.4 Å². The number of rotatable bonds is 6. The van der Waals surface area contributed by atoms with Gasteiger partial charge in [-0.2, -0.15) is 0 Å². The second-order valence-corrected chi connectivity index (χ2v) is 4.76. The molecule has 2 aromatic rings. The minimum absolute atomic E-state index is 0.0418. The zero-order valence-electron chi connectivity index (χ0n) is 11.9. The monoisotopic (exact) mass is 272 g/mol. The van der Waals surface area contributed by atoms with E-state index in [1.54, 1.807) is 7.11 Å². The van der Waals surface area contributed by atoms with Crippen molar-refractivity contribution < 1.29 is 14.6 Å². The van der Waals surface area contributed by atoms with Crippen LogP contribution in [0.4, 0.5) is 0 Å². The molecule has 0 spiro atoms. The Kier molecular flexibility index (Phi) is 5.02. The minimum atomic E-state index is -0.0418. The highest BCUT2D eigenvalue weighted by molar-refractivity contribution is 5.39. The molecule has 3 heteroatoms. The number of hydrogen-bond donors (Lipinski definition) is 1. The van der Waals surface area contributed by atoms with Gasteiger partial charge < -0.3 is 14.6 Å². The summed E-state index contributed by atoms with van der Waals surface area (Å²) in [5, 5.41) is 9.56. The van der Waals surface area contributed by atoms with Crippen molar-refractivity contribution in [1.29, 1.82) is 0 Å². The van der Waals surface area contributed by atoms with Crippen molar-refractivity contribution in [3.8, 4) is 11.5 Å². The van der Waals surface area contributed by atoms with E-state index in [1.807, 2.05) is 49.4 Å². The SMILES string of the molecule is COc1ccccc1OCC(CO)c1cccc(C)c1. The van der Waals surface area contributed by atoms with Gasteiger partial charge in [-0.3, -0.25) is 0 Å². The normalized spacial score (nSPS) is 11.9. The standard InChI is InChI=1S/C17H20O3/c1-13-6-5-7-14(10-13)15(11-18)12-20-17-9-4-3-8-16(17)19-2/h3-10,15,18H,11-12H2,1-2H3. The summed E-state index contributed by atoms with van der Waals surface area (Å²) >= 11 is 0. The molecule has 0 amide bonds. The number of aliphatic hydroxyl groups is 1. The number of para-hydroxylation sites is 2. The maximum Gasteiger partial charge on any atom is 0.161 e. The van der Waals surface area contributed by atoms with Crippen molar-refractivity contribution in [3.63, 3.8) is 0 Å². The van der Waals surface area contributed by atoms with Gasteiger partial charge in [-0.25, -0.2) is 0 Å². The molecule has 0 aliphatic heterocycles. The summed E-state index contributed by atoms with van der Waals surface area (Å²) in [6, 6.07) is 15.6. The van der Waals surface area contributed by atoms with E-state index in [9.17, 15) is 5.11 Å². The number of benzene rings is 2. The molecule has 0 fully saturated rings. The lowest BCUT2D eigenvalue weighted by atomic mass is 9.99. The average molecular weight is 272 g/mol. The van der Waals surface area contributed by atoms with Crippen molar-refractivity contribution in [2.45, 2.75) is 12.8 Å². The summed E-state index contributed by atoms with van der Waals surface area (Å²) in [6.07, 6.45) is 0. The molecule has 0 heterocycles. The molecule has 0 radical (unpaired) electrons. The van der Waals surface area contributed by atoms with E-state index in [4.69, 9.17) is 9.47 Å². The van der Waals surface area contributed by atoms with Gasteiger partial charge >= 0.3 is 0 Å². The Bertz CT molecular complexity index is 551. The fourth-order valence-electron chi connectivity index (χ4n) is 2.11. The minimum Gasteiger partial charge on any atom is -0.493 e. The van der Waals surface area contributed by atoms with Crippen molar-refractivity contribution in [2.75, 3.05) is 20.3 Å². The van der Waals surface area contributed by atoms with Crippen molar-refractivity contribution in [1.82, 2.24) is 0 Å². The Balaban J connectivity index is 2.08. The topological polar surface area (TPSA) is 38.7 Å². The zero-order valence-corrected chi connectivity index (χ0v) is 11.9. The maximum absolute atomic E-state index is 9.56. The van der Waals surface area contributed by atoms with Crippen LogP contribution in [0.15, 0.2) is 48.5 Å². The molecule has 1 atom stereocenters. The smallest absolute Gasteiger partial charge is 0.161 e. The fourth-order valence-corrected chi connectivity index (χ4v) is 2.11. The van der Waals surface area contributed by atoms with E-state index in [-0.39, 0.29) is 12.5 Å². The Morgan fingerprint density at radius 1 is 1.05 bits per heavy atom. The highest BCUT2D eigenvalue weighted by Crippen LogP contribution is 2.27. The number of ether oxygens (including phenoxy) is 2. The molecule has 106 valence electrons. The molecule has 0 saturated carbocycles. The van der Waals surface area contributed by atoms with Crippen LogP contribution in [0.2, 0.25) is 0 Å². The van der Waals surface area contributed by atoms with Gasteiger partial charge in [-0.05, 0) is 24.6 Å². The lowest BCUT2D eigenvalue weighted by Crippen LogP contribution is -2.14. The predicted octanol–water partition coefficient (Wildman–Crippen LogP) is 3.16. The molecule has 0 bridgehead atoms. The highest BCUT2D eigenvalue weighted by Gasteiger charge is 2.13. The summed E-state index contributed by atoms with van der Waals surface area (Å²) in [7, 11) is 1.62. The first-order valence-corrected chi connectivity index (χ1v) is 6.68. The molecule has 0 saturated heterocycles. The van der Waals surface area contributed by atoms with Gasteiger partial charge in [0.1, 0.15) is 0 Å². The van der Waals surface area contributed by atoms with Crippen LogP contribution in [0, 0.1) is 6.92 Å². The largest absolute Gasteiger partial charge is 0.493 e. The molecule has 1 N–H and O–H groups in total. The van der Waals surface area contributed by atoms with E-state index < -0.39 is 0 Å². The number of aliphatic hydroxyl groups excluding tert-OH is 1. The lowest BCUT2D eigenvalue weighted by Gasteiger charge is -2.17. The summed E-state index contributed by atoms with van der Waals surface area (Å²) in [5.74, 6) is 1.36. The molecule has 0 aliphatic rings. The van der Waals surface area contributed by atoms with Crippen molar-refractivity contribution >= 4 is 0 Å². The van der Waals surface area contributed by atoms with E-state index in [2.05, 4.69) is 6.07 Å². The third-order valence-electron chi connectivity index (χ3n) is 3.24. The molecule has 0 aliphatic carbocycles. The van der Waals surface area contributed by atoms with Gasteiger partial charge in [0.05, 0.1) is 20.3 Å². The molecule has 3 nitrogen and oxygen atoms in total. The number of aryl methyl sites for hydroxylation is 1. The first kappa shape index (κ1) is 14.4. The van der Waals surface area contributed by atoms with E-state index >= 15 is 0 Å². The van der Waals surface area contributed by atoms with Crippen LogP contribution in [0.5, 0.6) is 11.5 Å². The fraction of sp³-hybridized carbons (Fsp3) is 0.294. The molecular weight excluding hydrogens is 252 g/mol. The van der Waals surface area contributed by atoms with Crippen LogP contribution in [0.1, 0.15) is 17.0 Å². The van der Waals surface area contributed by atoms with E-state index in [0.717, 1.165) is 5.56 Å². The maximum atomic E-state index is 9.56. The first-order chi connectivity index (χ1) is 9.74. The summed E-state index contributed by atoms with van der Waals surface area (Å²) < 4.78 is 11.0. The highest BCUT2D eigenvalue weighted by atomic mass is 16.5. The Morgan fingerprint density at radius 3 is 2.45 bits per heavy atom. The van der Waals surface area contributed by atoms with Crippen molar-refractivity contribution in [2.24, 2.45) is 0 Å². The molecule has 0 aromatic heterocycles. The van der Waals surface area contributed by atoms with E-state index in [1.165, 1.54) is 5.56 Å². The average Bonchev–Trinajstić information content (AvgIpc) is 2.48. The molecule has 2 rings (SSSR count). The predicted molar refractivity (Wildman–Crippen MR) is 79.5 cm³/mol. The van der Waals surface area contributed by atoms with Gasteiger partial charge in [0.15, 0.2) is 11.5 Å². The van der Waals surface area contributed by atoms with Crippen LogP contribution in [-0.2, 0) is 0 Å². The number of methoxy groups -OCH3 is 1. The summed E-state index contributed by atoms with van der Waals surface area (Å²) in [5.41, 5.74) is 2.26. The summed E-state index contributed by atoms with van der Waals surface area (Å²) in [6.45, 7) is 2.51. The zero-order chi connectivity index (χ0) is 14.4. The van der Waals surface area contributed by atoms with Crippen LogP contribution in [0.25, 0.3) is 0 Å². The Labute approximate surface area is 119 Å². The molecular formula is C17H20O3. The third kappa shape index (κ3) is 3.52. The second-order valence-electron chi connectivity index (χ2n) is 4.76. The number of hydrogen-bond acceptors (Lipinski definition) is 3. The quantitative estimate of drug-likeness (QED) is 0.878. The van der Waals surface area contributed by atoms with Crippen LogP contribution >= 0.6 is 0 Å². The summed E-state index contributed by atoms with van der Waals surface area (Å²) in [4.78, 5) is 0.